The van der Waals surface area contributed by atoms with E-state index in [1.165, 1.54) is 17.0 Å². The van der Waals surface area contributed by atoms with Crippen molar-refractivity contribution in [2.24, 2.45) is 5.92 Å². The molecule has 1 N–H and O–H groups in total. The normalized spacial score (nSPS) is 12.0. The molecule has 4 aromatic carbocycles. The van der Waals surface area contributed by atoms with Gasteiger partial charge in [0, 0.05) is 29.6 Å². The van der Waals surface area contributed by atoms with Crippen molar-refractivity contribution in [3.63, 3.8) is 0 Å². The van der Waals surface area contributed by atoms with Gasteiger partial charge >= 0.3 is 0 Å². The van der Waals surface area contributed by atoms with Crippen LogP contribution in [0.25, 0.3) is 0 Å². The smallest absolute Gasteiger partial charge is 0.264 e. The molecule has 4 rings (SSSR count). The minimum absolute atomic E-state index is 0.0119. The number of carbonyl (C=O) groups excluding carboxylic acids is 2. The Kier molecular flexibility index (Phi) is 12.9. The molecule has 0 aliphatic heterocycles. The topological polar surface area (TPSA) is 96.0 Å². The number of amides is 2. The summed E-state index contributed by atoms with van der Waals surface area (Å²) in [5.74, 6) is -0.256. The number of nitrogens with zero attached hydrogens (tertiary/aromatic N) is 2. The molecule has 48 heavy (non-hydrogen) atoms. The maximum Gasteiger partial charge on any atom is 0.264 e. The lowest BCUT2D eigenvalue weighted by molar-refractivity contribution is -0.140. The summed E-state index contributed by atoms with van der Waals surface area (Å²) in [6, 6.07) is 26.3. The van der Waals surface area contributed by atoms with Crippen molar-refractivity contribution in [2.45, 2.75) is 51.6 Å². The number of aryl methyl sites for hydroxylation is 1. The summed E-state index contributed by atoms with van der Waals surface area (Å²) in [5.41, 5.74) is 2.61. The zero-order chi connectivity index (χ0) is 34.8. The summed E-state index contributed by atoms with van der Waals surface area (Å²) < 4.78 is 35.1. The van der Waals surface area contributed by atoms with Gasteiger partial charge < -0.3 is 15.0 Å². The molecule has 0 saturated carbocycles. The molecule has 4 aromatic rings. The number of hydrogen-bond acceptors (Lipinski definition) is 5. The van der Waals surface area contributed by atoms with Crippen molar-refractivity contribution < 1.29 is 22.7 Å². The van der Waals surface area contributed by atoms with Gasteiger partial charge in [-0.05, 0) is 79.4 Å². The monoisotopic (exact) mass is 709 g/mol. The third kappa shape index (κ3) is 9.75. The van der Waals surface area contributed by atoms with Crippen LogP contribution >= 0.6 is 23.2 Å². The standard InChI is InChI=1S/C37H41Cl2N3O5S/c1-5-47-32-17-19-33(20-18-32)48(45,46)42(31-15-11-27(4)12-16-31)25-36(43)41(24-29-13-14-30(38)22-34(29)39)35(37(44)40-23-26(2)3)21-28-9-7-6-8-10-28/h6-20,22,26,35H,5,21,23-25H2,1-4H3,(H,40,44). The van der Waals surface area contributed by atoms with Crippen LogP contribution in [0.2, 0.25) is 10.0 Å². The minimum Gasteiger partial charge on any atom is -0.494 e. The summed E-state index contributed by atoms with van der Waals surface area (Å²) in [4.78, 5) is 29.9. The summed E-state index contributed by atoms with van der Waals surface area (Å²) >= 11 is 12.8. The van der Waals surface area contributed by atoms with Crippen molar-refractivity contribution in [1.29, 1.82) is 0 Å². The molecular formula is C37H41Cl2N3O5S. The number of nitrogens with one attached hydrogen (secondary N) is 1. The SMILES string of the molecule is CCOc1ccc(S(=O)(=O)N(CC(=O)N(Cc2ccc(Cl)cc2Cl)C(Cc2ccccc2)C(=O)NCC(C)C)c2ccc(C)cc2)cc1. The van der Waals surface area contributed by atoms with Crippen molar-refractivity contribution in [3.05, 3.63) is 124 Å². The van der Waals surface area contributed by atoms with Gasteiger partial charge in [-0.15, -0.1) is 0 Å². The van der Waals surface area contributed by atoms with E-state index in [0.29, 0.717) is 40.2 Å². The number of ether oxygens (including phenoxy) is 1. The van der Waals surface area contributed by atoms with E-state index in [0.717, 1.165) is 15.4 Å². The maximum absolute atomic E-state index is 14.6. The maximum atomic E-state index is 14.6. The van der Waals surface area contributed by atoms with Crippen LogP contribution in [0.15, 0.2) is 102 Å². The van der Waals surface area contributed by atoms with Gasteiger partial charge in [0.2, 0.25) is 11.8 Å². The van der Waals surface area contributed by atoms with Crippen molar-refractivity contribution in [1.82, 2.24) is 10.2 Å². The highest BCUT2D eigenvalue weighted by Gasteiger charge is 2.35. The number of hydrogen-bond donors (Lipinski definition) is 1. The number of carbonyl (C=O) groups is 2. The number of benzene rings is 4. The average molecular weight is 711 g/mol. The Morgan fingerprint density at radius 1 is 0.896 bits per heavy atom. The third-order valence-corrected chi connectivity index (χ3v) is 10.0. The summed E-state index contributed by atoms with van der Waals surface area (Å²) in [7, 11) is -4.25. The highest BCUT2D eigenvalue weighted by atomic mass is 35.5. The molecule has 8 nitrogen and oxygen atoms in total. The van der Waals surface area contributed by atoms with Crippen molar-refractivity contribution in [3.8, 4) is 5.75 Å². The van der Waals surface area contributed by atoms with E-state index in [2.05, 4.69) is 5.32 Å². The predicted octanol–water partition coefficient (Wildman–Crippen LogP) is 7.31. The Labute approximate surface area is 293 Å². The second-order valence-electron chi connectivity index (χ2n) is 11.9. The lowest BCUT2D eigenvalue weighted by atomic mass is 10.0. The Bertz CT molecular complexity index is 1780. The van der Waals surface area contributed by atoms with E-state index < -0.39 is 28.5 Å². The fraction of sp³-hybridized carbons (Fsp3) is 0.297. The number of rotatable bonds is 15. The first-order valence-electron chi connectivity index (χ1n) is 15.8. The zero-order valence-electron chi connectivity index (χ0n) is 27.5. The van der Waals surface area contributed by atoms with E-state index in [1.54, 1.807) is 54.6 Å². The molecule has 0 saturated heterocycles. The van der Waals surface area contributed by atoms with Crippen LogP contribution in [0.1, 0.15) is 37.5 Å². The lowest BCUT2D eigenvalue weighted by Crippen LogP contribution is -2.53. The third-order valence-electron chi connectivity index (χ3n) is 7.63. The molecule has 0 fully saturated rings. The van der Waals surface area contributed by atoms with Gasteiger partial charge in [-0.1, -0.05) is 91.1 Å². The van der Waals surface area contributed by atoms with E-state index in [-0.39, 0.29) is 29.7 Å². The number of sulfonamides is 1. The Hall–Kier alpha value is -4.05. The van der Waals surface area contributed by atoms with Gasteiger partial charge in [0.05, 0.1) is 17.2 Å². The molecule has 0 heterocycles. The summed E-state index contributed by atoms with van der Waals surface area (Å²) in [5, 5.41) is 3.72. The fourth-order valence-corrected chi connectivity index (χ4v) is 6.93. The molecule has 2 amide bonds. The first kappa shape index (κ1) is 36.8. The van der Waals surface area contributed by atoms with Gasteiger partial charge in [0.1, 0.15) is 18.3 Å². The fourth-order valence-electron chi connectivity index (χ4n) is 5.05. The predicted molar refractivity (Wildman–Crippen MR) is 192 cm³/mol. The Morgan fingerprint density at radius 2 is 1.56 bits per heavy atom. The second-order valence-corrected chi connectivity index (χ2v) is 14.6. The minimum atomic E-state index is -4.25. The van der Waals surface area contributed by atoms with Gasteiger partial charge in [-0.25, -0.2) is 8.42 Å². The molecule has 11 heteroatoms. The van der Waals surface area contributed by atoms with E-state index >= 15 is 0 Å². The van der Waals surface area contributed by atoms with Crippen LogP contribution in [0.5, 0.6) is 5.75 Å². The molecule has 0 bridgehead atoms. The van der Waals surface area contributed by atoms with Crippen LogP contribution in [0.3, 0.4) is 0 Å². The largest absolute Gasteiger partial charge is 0.494 e. The summed E-state index contributed by atoms with van der Waals surface area (Å²) in [6.45, 7) is 7.88. The number of anilines is 1. The molecule has 0 aromatic heterocycles. The highest BCUT2D eigenvalue weighted by Crippen LogP contribution is 2.28. The molecule has 0 radical (unpaired) electrons. The van der Waals surface area contributed by atoms with Crippen LogP contribution in [-0.2, 0) is 32.6 Å². The quantitative estimate of drug-likeness (QED) is 0.140. The van der Waals surface area contributed by atoms with Crippen molar-refractivity contribution in [2.75, 3.05) is 24.0 Å². The first-order valence-corrected chi connectivity index (χ1v) is 18.0. The molecule has 1 unspecified atom stereocenters. The second kappa shape index (κ2) is 16.9. The Morgan fingerprint density at radius 3 is 2.17 bits per heavy atom. The van der Waals surface area contributed by atoms with E-state index in [4.69, 9.17) is 27.9 Å². The molecule has 0 spiro atoms. The summed E-state index contributed by atoms with van der Waals surface area (Å²) in [6.07, 6.45) is 0.192. The van der Waals surface area contributed by atoms with E-state index in [9.17, 15) is 18.0 Å². The zero-order valence-corrected chi connectivity index (χ0v) is 29.9. The molecular weight excluding hydrogens is 669 g/mol. The molecule has 0 aliphatic rings. The van der Waals surface area contributed by atoms with Crippen LogP contribution in [0.4, 0.5) is 5.69 Å². The first-order chi connectivity index (χ1) is 22.9. The molecule has 1 atom stereocenters. The van der Waals surface area contributed by atoms with Gasteiger partial charge in [0.25, 0.3) is 10.0 Å². The van der Waals surface area contributed by atoms with Crippen LogP contribution < -0.4 is 14.4 Å². The van der Waals surface area contributed by atoms with E-state index in [1.807, 2.05) is 58.0 Å². The van der Waals surface area contributed by atoms with Gasteiger partial charge in [0.15, 0.2) is 0 Å². The average Bonchev–Trinajstić information content (AvgIpc) is 3.06. The van der Waals surface area contributed by atoms with Crippen LogP contribution in [-0.4, -0.2) is 50.9 Å². The van der Waals surface area contributed by atoms with Gasteiger partial charge in [-0.2, -0.15) is 0 Å². The lowest BCUT2D eigenvalue weighted by Gasteiger charge is -2.34. The highest BCUT2D eigenvalue weighted by molar-refractivity contribution is 7.92. The molecule has 0 aliphatic carbocycles. The van der Waals surface area contributed by atoms with Crippen molar-refractivity contribution >= 4 is 50.7 Å². The number of halogens is 2. The van der Waals surface area contributed by atoms with Crippen LogP contribution in [0, 0.1) is 12.8 Å². The molecule has 254 valence electrons. The van der Waals surface area contributed by atoms with Gasteiger partial charge in [-0.3, -0.25) is 13.9 Å². The Balaban J connectivity index is 1.81.